The number of nitrogens with one attached hydrogen (secondary N) is 1. The van der Waals surface area contributed by atoms with Gasteiger partial charge in [-0.05, 0) is 60.2 Å². The Morgan fingerprint density at radius 3 is 2.52 bits per heavy atom. The minimum absolute atomic E-state index is 0.149. The predicted molar refractivity (Wildman–Crippen MR) is 128 cm³/mol. The number of carbonyl (C=O) groups is 1. The Morgan fingerprint density at radius 2 is 1.79 bits per heavy atom. The quantitative estimate of drug-likeness (QED) is 0.270. The summed E-state index contributed by atoms with van der Waals surface area (Å²) < 4.78 is 2.86. The van der Waals surface area contributed by atoms with E-state index in [-0.39, 0.29) is 5.91 Å². The zero-order valence-corrected chi connectivity index (χ0v) is 19.5. The van der Waals surface area contributed by atoms with Crippen LogP contribution in [0.25, 0.3) is 10.2 Å². The Morgan fingerprint density at radius 1 is 1.07 bits per heavy atom. The molecule has 4 rings (SSSR count). The third-order valence-corrected chi connectivity index (χ3v) is 7.56. The van der Waals surface area contributed by atoms with Gasteiger partial charge in [0.2, 0.25) is 0 Å². The molecule has 1 N–H and O–H groups in total. The number of halogens is 3. The van der Waals surface area contributed by atoms with Crippen molar-refractivity contribution in [1.29, 1.82) is 0 Å². The molecule has 0 spiro atoms. The van der Waals surface area contributed by atoms with Gasteiger partial charge in [-0.3, -0.25) is 4.79 Å². The van der Waals surface area contributed by atoms with Gasteiger partial charge in [0.1, 0.15) is 0 Å². The average molecular weight is 524 g/mol. The van der Waals surface area contributed by atoms with Crippen LogP contribution in [0.15, 0.2) is 69.5 Å². The number of hydrogen-bond acceptors (Lipinski definition) is 4. The summed E-state index contributed by atoms with van der Waals surface area (Å²) in [6, 6.07) is 18.5. The van der Waals surface area contributed by atoms with Crippen molar-refractivity contribution < 1.29 is 4.79 Å². The van der Waals surface area contributed by atoms with E-state index < -0.39 is 0 Å². The maximum absolute atomic E-state index is 12.4. The van der Waals surface area contributed by atoms with E-state index in [0.717, 1.165) is 30.3 Å². The number of carbonyl (C=O) groups excluding carboxylic acids is 1. The SMILES string of the molecule is O=C(Nc1ccc2nc(SCc3c(Cl)cccc3Cl)sc2c1)c1ccc(Br)cc1. The number of hydrogen-bond donors (Lipinski definition) is 1. The molecule has 0 unspecified atom stereocenters. The van der Waals surface area contributed by atoms with Gasteiger partial charge in [-0.1, -0.05) is 57.0 Å². The number of aromatic nitrogens is 1. The van der Waals surface area contributed by atoms with Crippen LogP contribution in [0.4, 0.5) is 5.69 Å². The molecular weight excluding hydrogens is 511 g/mol. The second-order valence-corrected chi connectivity index (χ2v) is 10.1. The van der Waals surface area contributed by atoms with E-state index >= 15 is 0 Å². The fourth-order valence-electron chi connectivity index (χ4n) is 2.65. The molecule has 0 bridgehead atoms. The summed E-state index contributed by atoms with van der Waals surface area (Å²) in [7, 11) is 0. The third-order valence-electron chi connectivity index (χ3n) is 4.13. The van der Waals surface area contributed by atoms with Gasteiger partial charge in [-0.15, -0.1) is 11.3 Å². The largest absolute Gasteiger partial charge is 0.322 e. The second-order valence-electron chi connectivity index (χ2n) is 6.11. The van der Waals surface area contributed by atoms with Crippen LogP contribution in [-0.4, -0.2) is 10.9 Å². The van der Waals surface area contributed by atoms with E-state index in [1.54, 1.807) is 35.2 Å². The minimum atomic E-state index is -0.149. The number of thiazole rings is 1. The van der Waals surface area contributed by atoms with Crippen molar-refractivity contribution in [2.24, 2.45) is 0 Å². The van der Waals surface area contributed by atoms with Crippen LogP contribution in [0, 0.1) is 0 Å². The van der Waals surface area contributed by atoms with E-state index in [1.165, 1.54) is 0 Å². The molecule has 0 saturated carbocycles. The van der Waals surface area contributed by atoms with Crippen LogP contribution in [0.2, 0.25) is 10.0 Å². The Balaban J connectivity index is 1.49. The number of benzene rings is 3. The first-order chi connectivity index (χ1) is 14.0. The Hall–Kier alpha value is -1.57. The molecule has 0 aliphatic rings. The van der Waals surface area contributed by atoms with Crippen molar-refractivity contribution in [3.8, 4) is 0 Å². The lowest BCUT2D eigenvalue weighted by Gasteiger charge is -2.05. The van der Waals surface area contributed by atoms with Gasteiger partial charge in [0.25, 0.3) is 5.91 Å². The number of fused-ring (bicyclic) bond motifs is 1. The van der Waals surface area contributed by atoms with E-state index in [1.807, 2.05) is 48.5 Å². The summed E-state index contributed by atoms with van der Waals surface area (Å²) in [5, 5.41) is 4.25. The smallest absolute Gasteiger partial charge is 0.255 e. The van der Waals surface area contributed by atoms with Gasteiger partial charge in [-0.2, -0.15) is 0 Å². The maximum atomic E-state index is 12.4. The summed E-state index contributed by atoms with van der Waals surface area (Å²) in [5.74, 6) is 0.496. The Bertz CT molecular complexity index is 1170. The lowest BCUT2D eigenvalue weighted by Crippen LogP contribution is -2.11. The highest BCUT2D eigenvalue weighted by atomic mass is 79.9. The van der Waals surface area contributed by atoms with Crippen LogP contribution in [0.1, 0.15) is 15.9 Å². The molecule has 3 aromatic carbocycles. The van der Waals surface area contributed by atoms with Gasteiger partial charge < -0.3 is 5.32 Å². The second kappa shape index (κ2) is 9.06. The van der Waals surface area contributed by atoms with Crippen molar-refractivity contribution in [1.82, 2.24) is 4.98 Å². The summed E-state index contributed by atoms with van der Waals surface area (Å²) in [4.78, 5) is 17.1. The molecule has 0 aliphatic carbocycles. The van der Waals surface area contributed by atoms with Crippen LogP contribution in [0.5, 0.6) is 0 Å². The van der Waals surface area contributed by atoms with Gasteiger partial charge in [0, 0.05) is 31.5 Å². The first kappa shape index (κ1) is 20.7. The maximum Gasteiger partial charge on any atom is 0.255 e. The normalized spacial score (nSPS) is 11.0. The van der Waals surface area contributed by atoms with Crippen LogP contribution in [0.3, 0.4) is 0 Å². The van der Waals surface area contributed by atoms with Crippen molar-refractivity contribution in [2.75, 3.05) is 5.32 Å². The molecule has 0 fully saturated rings. The minimum Gasteiger partial charge on any atom is -0.322 e. The Labute approximate surface area is 194 Å². The predicted octanol–water partition coefficient (Wildman–Crippen LogP) is 7.91. The fourth-order valence-corrected chi connectivity index (χ4v) is 5.77. The number of amides is 1. The van der Waals surface area contributed by atoms with E-state index in [0.29, 0.717) is 21.4 Å². The molecule has 29 heavy (non-hydrogen) atoms. The summed E-state index contributed by atoms with van der Waals surface area (Å²) in [6.07, 6.45) is 0. The van der Waals surface area contributed by atoms with E-state index in [9.17, 15) is 4.79 Å². The molecule has 0 radical (unpaired) electrons. The van der Waals surface area contributed by atoms with E-state index in [4.69, 9.17) is 23.2 Å². The first-order valence-corrected chi connectivity index (χ1v) is 11.9. The highest BCUT2D eigenvalue weighted by Gasteiger charge is 2.11. The number of anilines is 1. The fraction of sp³-hybridized carbons (Fsp3) is 0.0476. The lowest BCUT2D eigenvalue weighted by molar-refractivity contribution is 0.102. The van der Waals surface area contributed by atoms with Crippen molar-refractivity contribution in [3.63, 3.8) is 0 Å². The Kier molecular flexibility index (Phi) is 6.47. The molecule has 0 saturated heterocycles. The molecule has 0 atom stereocenters. The zero-order chi connectivity index (χ0) is 20.4. The summed E-state index contributed by atoms with van der Waals surface area (Å²) in [6.45, 7) is 0. The van der Waals surface area contributed by atoms with Crippen molar-refractivity contribution in [2.45, 2.75) is 10.1 Å². The molecule has 1 amide bonds. The molecule has 146 valence electrons. The zero-order valence-electron chi connectivity index (χ0n) is 14.8. The number of nitrogens with zero attached hydrogens (tertiary/aromatic N) is 1. The number of thioether (sulfide) groups is 1. The van der Waals surface area contributed by atoms with Gasteiger partial charge in [0.15, 0.2) is 4.34 Å². The van der Waals surface area contributed by atoms with E-state index in [2.05, 4.69) is 26.2 Å². The van der Waals surface area contributed by atoms with Crippen LogP contribution in [-0.2, 0) is 5.75 Å². The standard InChI is InChI=1S/C21H13BrCl2N2OS2/c22-13-6-4-12(5-7-13)20(27)25-14-8-9-18-19(10-14)29-21(26-18)28-11-15-16(23)2-1-3-17(15)24/h1-10H,11H2,(H,25,27). The topological polar surface area (TPSA) is 42.0 Å². The van der Waals surface area contributed by atoms with Gasteiger partial charge in [-0.25, -0.2) is 4.98 Å². The van der Waals surface area contributed by atoms with Crippen molar-refractivity contribution >= 4 is 84.0 Å². The van der Waals surface area contributed by atoms with Crippen LogP contribution < -0.4 is 5.32 Å². The van der Waals surface area contributed by atoms with Crippen LogP contribution >= 0.6 is 62.2 Å². The highest BCUT2D eigenvalue weighted by Crippen LogP contribution is 2.36. The average Bonchev–Trinajstić information content (AvgIpc) is 3.10. The van der Waals surface area contributed by atoms with Crippen molar-refractivity contribution in [3.05, 3.63) is 86.3 Å². The van der Waals surface area contributed by atoms with Gasteiger partial charge >= 0.3 is 0 Å². The first-order valence-electron chi connectivity index (χ1n) is 8.53. The lowest BCUT2D eigenvalue weighted by atomic mass is 10.2. The summed E-state index contributed by atoms with van der Waals surface area (Å²) in [5.41, 5.74) is 3.14. The highest BCUT2D eigenvalue weighted by molar-refractivity contribution is 9.10. The molecule has 8 heteroatoms. The molecular formula is C21H13BrCl2N2OS2. The molecule has 0 aliphatic heterocycles. The number of rotatable bonds is 5. The third kappa shape index (κ3) is 4.95. The monoisotopic (exact) mass is 522 g/mol. The van der Waals surface area contributed by atoms with Gasteiger partial charge in [0.05, 0.1) is 10.2 Å². The molecule has 4 aromatic rings. The molecule has 1 heterocycles. The molecule has 3 nitrogen and oxygen atoms in total. The summed E-state index contributed by atoms with van der Waals surface area (Å²) >= 11 is 19.0. The molecule has 1 aromatic heterocycles.